The molecule has 0 radical (unpaired) electrons. The lowest BCUT2D eigenvalue weighted by atomic mass is 10.2. The molecule has 29 heavy (non-hydrogen) atoms. The number of amides is 1. The standard InChI is InChI=1S/C22H22N2O4S/c1-4-27-20(25)14-28-18-11-7-16(8-12-18)13-19-21(26)24(3)22(29-19)23-17-9-5-15(2)6-10-17/h5-13H,4,14H2,1-3H3/b19-13+,23-22?. The normalized spacial score (nSPS) is 16.5. The average molecular weight is 410 g/mol. The number of hydrogen-bond acceptors (Lipinski definition) is 6. The van der Waals surface area contributed by atoms with E-state index in [1.54, 1.807) is 31.0 Å². The lowest BCUT2D eigenvalue weighted by Gasteiger charge is -2.07. The Labute approximate surface area is 174 Å². The van der Waals surface area contributed by atoms with Gasteiger partial charge in [0.25, 0.3) is 5.91 Å². The van der Waals surface area contributed by atoms with Gasteiger partial charge < -0.3 is 9.47 Å². The smallest absolute Gasteiger partial charge is 0.344 e. The molecule has 1 heterocycles. The summed E-state index contributed by atoms with van der Waals surface area (Å²) < 4.78 is 10.2. The Hall–Kier alpha value is -3.06. The minimum Gasteiger partial charge on any atom is -0.482 e. The third-order valence-electron chi connectivity index (χ3n) is 4.10. The van der Waals surface area contributed by atoms with Crippen LogP contribution >= 0.6 is 11.8 Å². The highest BCUT2D eigenvalue weighted by atomic mass is 32.2. The molecule has 1 aliphatic heterocycles. The quantitative estimate of drug-likeness (QED) is 0.528. The maximum Gasteiger partial charge on any atom is 0.344 e. The van der Waals surface area contributed by atoms with Gasteiger partial charge in [0.2, 0.25) is 0 Å². The number of thioether (sulfide) groups is 1. The summed E-state index contributed by atoms with van der Waals surface area (Å²) in [7, 11) is 1.72. The van der Waals surface area contributed by atoms with Crippen LogP contribution in [0.5, 0.6) is 5.75 Å². The van der Waals surface area contributed by atoms with Crippen LogP contribution in [0.15, 0.2) is 58.4 Å². The van der Waals surface area contributed by atoms with Crippen LogP contribution in [0.4, 0.5) is 5.69 Å². The fourth-order valence-electron chi connectivity index (χ4n) is 2.54. The van der Waals surface area contributed by atoms with E-state index in [1.165, 1.54) is 11.8 Å². The minimum atomic E-state index is -0.407. The van der Waals surface area contributed by atoms with Crippen molar-refractivity contribution in [3.63, 3.8) is 0 Å². The van der Waals surface area contributed by atoms with E-state index >= 15 is 0 Å². The molecule has 7 heteroatoms. The van der Waals surface area contributed by atoms with E-state index in [1.807, 2.05) is 49.4 Å². The van der Waals surface area contributed by atoms with Crippen molar-refractivity contribution in [2.45, 2.75) is 13.8 Å². The number of hydrogen-bond donors (Lipinski definition) is 0. The highest BCUT2D eigenvalue weighted by Crippen LogP contribution is 2.33. The van der Waals surface area contributed by atoms with Crippen LogP contribution in [0.2, 0.25) is 0 Å². The molecule has 1 amide bonds. The van der Waals surface area contributed by atoms with Gasteiger partial charge in [-0.1, -0.05) is 29.8 Å². The number of benzene rings is 2. The summed E-state index contributed by atoms with van der Waals surface area (Å²) in [5, 5.41) is 0.638. The van der Waals surface area contributed by atoms with Crippen molar-refractivity contribution in [2.75, 3.05) is 20.3 Å². The predicted octanol–water partition coefficient (Wildman–Crippen LogP) is 4.17. The first-order valence-corrected chi connectivity index (χ1v) is 9.99. The SMILES string of the molecule is CCOC(=O)COc1ccc(/C=C2/SC(=Nc3ccc(C)cc3)N(C)C2=O)cc1. The molecule has 0 saturated carbocycles. The maximum absolute atomic E-state index is 12.6. The topological polar surface area (TPSA) is 68.2 Å². The molecule has 2 aromatic rings. The lowest BCUT2D eigenvalue weighted by Crippen LogP contribution is -2.23. The van der Waals surface area contributed by atoms with Crippen molar-refractivity contribution in [1.29, 1.82) is 0 Å². The first-order chi connectivity index (χ1) is 14.0. The van der Waals surface area contributed by atoms with Gasteiger partial charge in [0.1, 0.15) is 5.75 Å². The molecule has 0 N–H and O–H groups in total. The number of amidine groups is 1. The van der Waals surface area contributed by atoms with Crippen LogP contribution < -0.4 is 4.74 Å². The molecular weight excluding hydrogens is 388 g/mol. The molecule has 6 nitrogen and oxygen atoms in total. The summed E-state index contributed by atoms with van der Waals surface area (Å²) in [6.45, 7) is 3.96. The van der Waals surface area contributed by atoms with Gasteiger partial charge in [0, 0.05) is 7.05 Å². The maximum atomic E-state index is 12.6. The van der Waals surface area contributed by atoms with Gasteiger partial charge in [-0.25, -0.2) is 9.79 Å². The molecule has 150 valence electrons. The largest absolute Gasteiger partial charge is 0.482 e. The summed E-state index contributed by atoms with van der Waals surface area (Å²) >= 11 is 1.34. The summed E-state index contributed by atoms with van der Waals surface area (Å²) in [5.41, 5.74) is 2.82. The molecule has 1 aliphatic rings. The predicted molar refractivity (Wildman–Crippen MR) is 115 cm³/mol. The van der Waals surface area contributed by atoms with Gasteiger partial charge in [-0.3, -0.25) is 9.69 Å². The molecule has 0 unspecified atom stereocenters. The highest BCUT2D eigenvalue weighted by molar-refractivity contribution is 8.18. The molecule has 0 aliphatic carbocycles. The first kappa shape index (κ1) is 20.7. The number of carbonyl (C=O) groups is 2. The van der Waals surface area contributed by atoms with Crippen molar-refractivity contribution in [1.82, 2.24) is 4.90 Å². The average Bonchev–Trinajstić information content (AvgIpc) is 2.97. The minimum absolute atomic E-state index is 0.0940. The second-order valence-electron chi connectivity index (χ2n) is 6.37. The van der Waals surface area contributed by atoms with Crippen LogP contribution in [-0.4, -0.2) is 42.2 Å². The van der Waals surface area contributed by atoms with Gasteiger partial charge in [0.05, 0.1) is 17.2 Å². The lowest BCUT2D eigenvalue weighted by molar-refractivity contribution is -0.145. The molecule has 2 aromatic carbocycles. The molecule has 0 aromatic heterocycles. The third-order valence-corrected chi connectivity index (χ3v) is 5.16. The van der Waals surface area contributed by atoms with E-state index in [4.69, 9.17) is 9.47 Å². The number of nitrogens with zero attached hydrogens (tertiary/aromatic N) is 2. The van der Waals surface area contributed by atoms with Crippen LogP contribution in [0.3, 0.4) is 0 Å². The molecule has 0 atom stereocenters. The van der Waals surface area contributed by atoms with E-state index in [-0.39, 0.29) is 12.5 Å². The number of esters is 1. The Kier molecular flexibility index (Phi) is 6.72. The summed E-state index contributed by atoms with van der Waals surface area (Å²) in [5.74, 6) is 0.0583. The van der Waals surface area contributed by atoms with Gasteiger partial charge in [-0.05, 0) is 61.5 Å². The fourth-order valence-corrected chi connectivity index (χ4v) is 3.52. The zero-order valence-corrected chi connectivity index (χ0v) is 17.4. The second-order valence-corrected chi connectivity index (χ2v) is 7.38. The molecule has 1 saturated heterocycles. The molecule has 3 rings (SSSR count). The van der Waals surface area contributed by atoms with Crippen molar-refractivity contribution in [3.05, 3.63) is 64.6 Å². The van der Waals surface area contributed by atoms with Gasteiger partial charge in [-0.15, -0.1) is 0 Å². The van der Waals surface area contributed by atoms with Crippen LogP contribution in [0, 0.1) is 6.92 Å². The molecular formula is C22H22N2O4S. The van der Waals surface area contributed by atoms with E-state index in [9.17, 15) is 9.59 Å². The Bertz CT molecular complexity index is 950. The van der Waals surface area contributed by atoms with Crippen LogP contribution in [-0.2, 0) is 14.3 Å². The number of carbonyl (C=O) groups excluding carboxylic acids is 2. The highest BCUT2D eigenvalue weighted by Gasteiger charge is 2.30. The molecule has 1 fully saturated rings. The van der Waals surface area contributed by atoms with E-state index in [0.717, 1.165) is 16.8 Å². The van der Waals surface area contributed by atoms with Gasteiger partial charge in [0.15, 0.2) is 11.8 Å². The summed E-state index contributed by atoms with van der Waals surface area (Å²) in [6, 6.07) is 15.0. The number of rotatable bonds is 6. The van der Waals surface area contributed by atoms with Crippen molar-refractivity contribution in [3.8, 4) is 5.75 Å². The Balaban J connectivity index is 1.69. The van der Waals surface area contributed by atoms with E-state index in [2.05, 4.69) is 4.99 Å². The number of aryl methyl sites for hydroxylation is 1. The summed E-state index contributed by atoms with van der Waals surface area (Å²) in [6.07, 6.45) is 1.82. The van der Waals surface area contributed by atoms with Crippen molar-refractivity contribution in [2.24, 2.45) is 4.99 Å². The van der Waals surface area contributed by atoms with Crippen molar-refractivity contribution < 1.29 is 19.1 Å². The van der Waals surface area contributed by atoms with Crippen molar-refractivity contribution >= 4 is 40.6 Å². The second kappa shape index (κ2) is 9.43. The van der Waals surface area contributed by atoms with E-state index < -0.39 is 5.97 Å². The Morgan fingerprint density at radius 3 is 2.48 bits per heavy atom. The Morgan fingerprint density at radius 1 is 1.14 bits per heavy atom. The van der Waals surface area contributed by atoms with Gasteiger partial charge >= 0.3 is 5.97 Å². The molecule has 0 spiro atoms. The zero-order valence-electron chi connectivity index (χ0n) is 16.5. The van der Waals surface area contributed by atoms with Crippen LogP contribution in [0.1, 0.15) is 18.1 Å². The number of aliphatic imine (C=N–C) groups is 1. The fraction of sp³-hybridized carbons (Fsp3) is 0.227. The molecule has 0 bridgehead atoms. The summed E-state index contributed by atoms with van der Waals surface area (Å²) in [4.78, 5) is 30.6. The number of ether oxygens (including phenoxy) is 2. The first-order valence-electron chi connectivity index (χ1n) is 9.17. The van der Waals surface area contributed by atoms with E-state index in [0.29, 0.717) is 22.4 Å². The van der Waals surface area contributed by atoms with Crippen LogP contribution in [0.25, 0.3) is 6.08 Å². The Morgan fingerprint density at radius 2 is 1.83 bits per heavy atom. The third kappa shape index (κ3) is 5.48. The van der Waals surface area contributed by atoms with Gasteiger partial charge in [-0.2, -0.15) is 0 Å². The number of likely N-dealkylation sites (N-methyl/N-ethyl adjacent to an activating group) is 1. The monoisotopic (exact) mass is 410 g/mol. The zero-order chi connectivity index (χ0) is 20.8.